The van der Waals surface area contributed by atoms with Gasteiger partial charge in [-0.15, -0.1) is 0 Å². The SMILES string of the molecule is Cc1cccc2c(-c3cc(F)cc4nn(C)cc34)nn(-c3ccc(N4CC5CCC4CC5C(=O)O)nc3)c12. The van der Waals surface area contributed by atoms with Crippen LogP contribution in [0.25, 0.3) is 38.8 Å². The first kappa shape index (κ1) is 22.9. The Morgan fingerprint density at radius 2 is 1.97 bits per heavy atom. The highest BCUT2D eigenvalue weighted by Gasteiger charge is 2.44. The van der Waals surface area contributed by atoms with E-state index in [1.54, 1.807) is 4.68 Å². The number of aliphatic carboxylic acids is 1. The zero-order valence-electron chi connectivity index (χ0n) is 21.2. The van der Waals surface area contributed by atoms with Crippen LogP contribution in [0, 0.1) is 24.6 Å². The van der Waals surface area contributed by atoms with Crippen molar-refractivity contribution in [1.82, 2.24) is 24.5 Å². The minimum atomic E-state index is -0.679. The number of aromatic nitrogens is 5. The molecule has 0 radical (unpaired) electrons. The van der Waals surface area contributed by atoms with Crippen molar-refractivity contribution < 1.29 is 14.3 Å². The van der Waals surface area contributed by atoms with E-state index in [2.05, 4.69) is 10.00 Å². The van der Waals surface area contributed by atoms with E-state index in [1.165, 1.54) is 12.1 Å². The van der Waals surface area contributed by atoms with Gasteiger partial charge >= 0.3 is 5.97 Å². The molecule has 9 heteroatoms. The number of benzene rings is 2. The average Bonchev–Trinajstić information content (AvgIpc) is 3.49. The van der Waals surface area contributed by atoms with E-state index in [1.807, 2.05) is 61.4 Å². The van der Waals surface area contributed by atoms with Crippen LogP contribution in [0.4, 0.5) is 10.2 Å². The predicted molar refractivity (Wildman–Crippen MR) is 143 cm³/mol. The van der Waals surface area contributed by atoms with E-state index < -0.39 is 5.97 Å². The van der Waals surface area contributed by atoms with Gasteiger partial charge in [0.15, 0.2) is 0 Å². The molecule has 0 spiro atoms. The van der Waals surface area contributed by atoms with E-state index in [4.69, 9.17) is 10.1 Å². The number of piperidine rings is 2. The van der Waals surface area contributed by atoms with E-state index in [0.29, 0.717) is 23.2 Å². The maximum atomic E-state index is 14.6. The molecule has 1 aliphatic carbocycles. The second-order valence-corrected chi connectivity index (χ2v) is 10.6. The largest absolute Gasteiger partial charge is 0.481 e. The molecule has 2 aliphatic heterocycles. The fourth-order valence-corrected chi connectivity index (χ4v) is 6.50. The highest BCUT2D eigenvalue weighted by atomic mass is 19.1. The number of para-hydroxylation sites is 1. The van der Waals surface area contributed by atoms with Crippen molar-refractivity contribution in [2.45, 2.75) is 32.2 Å². The Balaban J connectivity index is 1.31. The van der Waals surface area contributed by atoms with Gasteiger partial charge in [-0.1, -0.05) is 18.2 Å². The van der Waals surface area contributed by atoms with Crippen molar-refractivity contribution in [3.63, 3.8) is 0 Å². The number of pyridine rings is 1. The zero-order valence-corrected chi connectivity index (χ0v) is 21.2. The fraction of sp³-hybridized carbons (Fsp3) is 0.310. The molecule has 1 N–H and O–H groups in total. The van der Waals surface area contributed by atoms with Gasteiger partial charge in [-0.3, -0.25) is 9.48 Å². The molecule has 8 rings (SSSR count). The molecule has 8 nitrogen and oxygen atoms in total. The van der Waals surface area contributed by atoms with Crippen LogP contribution in [0.5, 0.6) is 0 Å². The summed E-state index contributed by atoms with van der Waals surface area (Å²) in [6, 6.07) is 13.2. The van der Waals surface area contributed by atoms with Gasteiger partial charge in [-0.05, 0) is 55.9 Å². The summed E-state index contributed by atoms with van der Waals surface area (Å²) in [6.45, 7) is 2.77. The third kappa shape index (κ3) is 3.48. The fourth-order valence-electron chi connectivity index (χ4n) is 6.50. The average molecular weight is 511 g/mol. The third-order valence-electron chi connectivity index (χ3n) is 8.29. The number of nitrogens with zero attached hydrogens (tertiary/aromatic N) is 6. The van der Waals surface area contributed by atoms with Gasteiger partial charge in [0.05, 0.1) is 28.8 Å². The molecular formula is C29H27FN6O2. The summed E-state index contributed by atoms with van der Waals surface area (Å²) < 4.78 is 18.2. The molecule has 2 aromatic carbocycles. The summed E-state index contributed by atoms with van der Waals surface area (Å²) in [6.07, 6.45) is 6.34. The van der Waals surface area contributed by atoms with Crippen LogP contribution >= 0.6 is 0 Å². The molecule has 3 aromatic heterocycles. The Labute approximate surface area is 218 Å². The molecule has 0 amide bonds. The van der Waals surface area contributed by atoms with Crippen molar-refractivity contribution in [2.75, 3.05) is 11.4 Å². The lowest BCUT2D eigenvalue weighted by Gasteiger charge is -2.48. The Morgan fingerprint density at radius 3 is 2.71 bits per heavy atom. The first-order valence-electron chi connectivity index (χ1n) is 12.9. The van der Waals surface area contributed by atoms with E-state index in [-0.39, 0.29) is 23.7 Å². The molecule has 3 atom stereocenters. The molecule has 2 saturated heterocycles. The lowest BCUT2D eigenvalue weighted by atomic mass is 9.72. The quantitative estimate of drug-likeness (QED) is 0.361. The van der Waals surface area contributed by atoms with Crippen molar-refractivity contribution in [3.05, 3.63) is 66.2 Å². The molecule has 192 valence electrons. The van der Waals surface area contributed by atoms with Crippen LogP contribution in [-0.2, 0) is 11.8 Å². The normalized spacial score (nSPS) is 21.0. The standard InChI is InChI=1S/C29H27FN6O2/c1-16-4-3-5-21-27(23-10-18(30)11-25-24(23)15-34(2)32-25)33-36(28(16)21)20-8-9-26(31-13-20)35-14-17-6-7-19(35)12-22(17)29(37)38/h3-5,8-11,13,15,17,19,22H,6-7,12,14H2,1-2H3,(H,37,38). The third-order valence-corrected chi connectivity index (χ3v) is 8.29. The Bertz CT molecular complexity index is 1720. The topological polar surface area (TPSA) is 89.1 Å². The van der Waals surface area contributed by atoms with E-state index in [0.717, 1.165) is 52.7 Å². The van der Waals surface area contributed by atoms with Crippen LogP contribution in [0.15, 0.2) is 54.9 Å². The van der Waals surface area contributed by atoms with Gasteiger partial charge in [0.25, 0.3) is 0 Å². The summed E-state index contributed by atoms with van der Waals surface area (Å²) in [5.74, 6) is -0.261. The second kappa shape index (κ2) is 8.37. The monoisotopic (exact) mass is 510 g/mol. The summed E-state index contributed by atoms with van der Waals surface area (Å²) in [5.41, 5.74) is 4.79. The first-order valence-corrected chi connectivity index (χ1v) is 12.9. The van der Waals surface area contributed by atoms with Gasteiger partial charge in [-0.25, -0.2) is 14.1 Å². The highest BCUT2D eigenvalue weighted by Crippen LogP contribution is 2.41. The van der Waals surface area contributed by atoms with Crippen molar-refractivity contribution in [2.24, 2.45) is 18.9 Å². The van der Waals surface area contributed by atoms with Gasteiger partial charge in [0, 0.05) is 48.2 Å². The zero-order chi connectivity index (χ0) is 26.1. The van der Waals surface area contributed by atoms with Crippen molar-refractivity contribution in [1.29, 1.82) is 0 Å². The maximum absolute atomic E-state index is 14.6. The number of hydrogen-bond acceptors (Lipinski definition) is 5. The molecular weight excluding hydrogens is 483 g/mol. The minimum absolute atomic E-state index is 0.162. The number of fused-ring (bicyclic) bond motifs is 5. The smallest absolute Gasteiger partial charge is 0.306 e. The van der Waals surface area contributed by atoms with Crippen molar-refractivity contribution >= 4 is 33.6 Å². The highest BCUT2D eigenvalue weighted by molar-refractivity contribution is 6.03. The number of rotatable bonds is 4. The van der Waals surface area contributed by atoms with Crippen LogP contribution in [0.2, 0.25) is 0 Å². The molecule has 1 saturated carbocycles. The molecule has 3 fully saturated rings. The lowest BCUT2D eigenvalue weighted by molar-refractivity contribution is -0.146. The molecule has 5 heterocycles. The van der Waals surface area contributed by atoms with Crippen LogP contribution in [0.3, 0.4) is 0 Å². The minimum Gasteiger partial charge on any atom is -0.481 e. The number of halogens is 1. The molecule has 38 heavy (non-hydrogen) atoms. The maximum Gasteiger partial charge on any atom is 0.306 e. The Hall–Kier alpha value is -4.27. The second-order valence-electron chi connectivity index (χ2n) is 10.6. The van der Waals surface area contributed by atoms with Gasteiger partial charge < -0.3 is 10.0 Å². The predicted octanol–water partition coefficient (Wildman–Crippen LogP) is 5.11. The number of anilines is 1. The number of carbonyl (C=O) groups is 1. The Morgan fingerprint density at radius 1 is 1.11 bits per heavy atom. The van der Waals surface area contributed by atoms with Crippen LogP contribution in [-0.4, -0.2) is 48.2 Å². The van der Waals surface area contributed by atoms with Crippen molar-refractivity contribution in [3.8, 4) is 16.9 Å². The number of carboxylic acids is 1. The summed E-state index contributed by atoms with van der Waals surface area (Å²) in [5, 5.41) is 20.7. The van der Waals surface area contributed by atoms with Gasteiger partial charge in [0.2, 0.25) is 0 Å². The summed E-state index contributed by atoms with van der Waals surface area (Å²) in [4.78, 5) is 18.7. The van der Waals surface area contributed by atoms with Crippen LogP contribution in [0.1, 0.15) is 24.8 Å². The van der Waals surface area contributed by atoms with Gasteiger partial charge in [-0.2, -0.15) is 10.2 Å². The lowest BCUT2D eigenvalue weighted by Crippen LogP contribution is -2.54. The molecule has 5 aromatic rings. The summed E-state index contributed by atoms with van der Waals surface area (Å²) >= 11 is 0. The number of hydrogen-bond donors (Lipinski definition) is 1. The van der Waals surface area contributed by atoms with Crippen LogP contribution < -0.4 is 4.90 Å². The molecule has 3 aliphatic rings. The summed E-state index contributed by atoms with van der Waals surface area (Å²) in [7, 11) is 1.83. The van der Waals surface area contributed by atoms with E-state index >= 15 is 0 Å². The molecule has 3 unspecified atom stereocenters. The number of aryl methyl sites for hydroxylation is 2. The molecule has 2 bridgehead atoms. The van der Waals surface area contributed by atoms with E-state index in [9.17, 15) is 14.3 Å². The number of carboxylic acid groups (broad SMARTS) is 1. The van der Waals surface area contributed by atoms with Gasteiger partial charge in [0.1, 0.15) is 17.3 Å². The Kier molecular flexibility index (Phi) is 5.04. The first-order chi connectivity index (χ1) is 18.4.